The van der Waals surface area contributed by atoms with Crippen LogP contribution in [0.4, 0.5) is 4.39 Å². The van der Waals surface area contributed by atoms with Crippen molar-refractivity contribution in [2.24, 2.45) is 16.8 Å². The van der Waals surface area contributed by atoms with Gasteiger partial charge in [-0.05, 0) is 24.5 Å². The highest BCUT2D eigenvalue weighted by molar-refractivity contribution is 5.90. The number of halogens is 1. The first kappa shape index (κ1) is 20.9. The molecule has 2 fully saturated rings. The summed E-state index contributed by atoms with van der Waals surface area (Å²) < 4.78 is 14.1. The van der Waals surface area contributed by atoms with Crippen LogP contribution in [-0.4, -0.2) is 73.8 Å². The summed E-state index contributed by atoms with van der Waals surface area (Å²) >= 11 is 0. The van der Waals surface area contributed by atoms with Crippen molar-refractivity contribution in [2.45, 2.75) is 44.3 Å². The van der Waals surface area contributed by atoms with Crippen molar-refractivity contribution in [3.8, 4) is 0 Å². The molecule has 2 heterocycles. The number of hydrogen-bond donors (Lipinski definition) is 2. The molecule has 1 saturated heterocycles. The number of rotatable bonds is 7. The Morgan fingerprint density at radius 2 is 2.21 bits per heavy atom. The van der Waals surface area contributed by atoms with Crippen molar-refractivity contribution < 1.29 is 29.2 Å². The minimum Gasteiger partial charge on any atom is -0.410 e. The van der Waals surface area contributed by atoms with Gasteiger partial charge in [0.1, 0.15) is 12.2 Å². The van der Waals surface area contributed by atoms with E-state index in [0.29, 0.717) is 22.2 Å². The van der Waals surface area contributed by atoms with Crippen molar-refractivity contribution in [2.75, 3.05) is 13.1 Å². The zero-order chi connectivity index (χ0) is 21.0. The maximum atomic E-state index is 14.1. The Kier molecular flexibility index (Phi) is 6.57. The van der Waals surface area contributed by atoms with Gasteiger partial charge in [-0.2, -0.15) is 4.99 Å². The summed E-state index contributed by atoms with van der Waals surface area (Å²) in [5, 5.41) is 23.1. The van der Waals surface area contributed by atoms with E-state index in [0.717, 1.165) is 24.2 Å². The van der Waals surface area contributed by atoms with Gasteiger partial charge in [0.2, 0.25) is 12.3 Å². The number of alkyl halides is 1. The van der Waals surface area contributed by atoms with Crippen LogP contribution in [0.25, 0.3) is 0 Å². The first-order valence-electron chi connectivity index (χ1n) is 9.56. The lowest BCUT2D eigenvalue weighted by atomic mass is 9.78. The van der Waals surface area contributed by atoms with Crippen LogP contribution in [0.15, 0.2) is 23.3 Å². The van der Waals surface area contributed by atoms with Crippen molar-refractivity contribution in [1.82, 2.24) is 19.9 Å². The number of likely N-dealkylation sites (tertiary alicyclic amines) is 1. The summed E-state index contributed by atoms with van der Waals surface area (Å²) in [4.78, 5) is 41.8. The minimum absolute atomic E-state index is 0.138. The lowest BCUT2D eigenvalue weighted by molar-refractivity contribution is -0.158. The Bertz CT molecular complexity index is 827. The second kappa shape index (κ2) is 9.12. The van der Waals surface area contributed by atoms with Crippen LogP contribution in [0, 0.1) is 11.8 Å². The Balaban J connectivity index is 1.80. The zero-order valence-electron chi connectivity index (χ0n) is 15.8. The van der Waals surface area contributed by atoms with Gasteiger partial charge in [0, 0.05) is 6.42 Å². The standard InChI is InChI=1S/C18H24FN5O5/c19-14-8-15(17(26)21-16-5-2-6-20-24(16)29)23(10-14)18(27)13(9-22(28)11-25)7-12-3-1-4-12/h2,5-6,11-15,28-29H,1,3-4,7-10H2/t13-,14-,15+/m1/s1. The lowest BCUT2D eigenvalue weighted by Crippen LogP contribution is -2.47. The molecule has 0 bridgehead atoms. The summed E-state index contributed by atoms with van der Waals surface area (Å²) in [6.07, 6.45) is 3.34. The Morgan fingerprint density at radius 1 is 1.45 bits per heavy atom. The molecule has 3 atom stereocenters. The number of hydrogen-bond acceptors (Lipinski definition) is 6. The number of aromatic nitrogens is 2. The molecular formula is C18H24FN5O5. The van der Waals surface area contributed by atoms with Gasteiger partial charge in [-0.3, -0.25) is 19.6 Å². The SMILES string of the molecule is O=CN(O)C[C@@H](CC1CCC1)C(=O)N1C[C@H](F)C[C@H]1C(=O)N=c1cccnn1O. The molecule has 0 radical (unpaired) electrons. The van der Waals surface area contributed by atoms with Gasteiger partial charge in [-0.15, -0.1) is 5.10 Å². The molecule has 0 unspecified atom stereocenters. The van der Waals surface area contributed by atoms with E-state index >= 15 is 0 Å². The topological polar surface area (TPSA) is 128 Å². The Labute approximate surface area is 166 Å². The summed E-state index contributed by atoms with van der Waals surface area (Å²) in [6, 6.07) is 1.70. The second-order valence-electron chi connectivity index (χ2n) is 7.52. The summed E-state index contributed by atoms with van der Waals surface area (Å²) in [5.74, 6) is -1.70. The summed E-state index contributed by atoms with van der Waals surface area (Å²) in [6.45, 7) is -0.478. The Morgan fingerprint density at radius 3 is 2.83 bits per heavy atom. The van der Waals surface area contributed by atoms with E-state index in [2.05, 4.69) is 10.1 Å². The van der Waals surface area contributed by atoms with Crippen LogP contribution in [0.3, 0.4) is 0 Å². The van der Waals surface area contributed by atoms with Crippen LogP contribution in [0.1, 0.15) is 32.1 Å². The van der Waals surface area contributed by atoms with Crippen LogP contribution in [0.2, 0.25) is 0 Å². The molecule has 0 spiro atoms. The maximum absolute atomic E-state index is 14.1. The number of hydroxylamine groups is 2. The molecule has 2 aliphatic rings. The average Bonchev–Trinajstić information content (AvgIpc) is 3.06. The van der Waals surface area contributed by atoms with Gasteiger partial charge in [-0.25, -0.2) is 9.45 Å². The van der Waals surface area contributed by atoms with Crippen molar-refractivity contribution in [3.63, 3.8) is 0 Å². The van der Waals surface area contributed by atoms with E-state index < -0.39 is 29.9 Å². The molecule has 3 rings (SSSR count). The van der Waals surface area contributed by atoms with Gasteiger partial charge < -0.3 is 10.1 Å². The third-order valence-corrected chi connectivity index (χ3v) is 5.48. The van der Waals surface area contributed by atoms with Crippen molar-refractivity contribution >= 4 is 18.2 Å². The third-order valence-electron chi connectivity index (χ3n) is 5.48. The lowest BCUT2D eigenvalue weighted by Gasteiger charge is -2.33. The average molecular weight is 409 g/mol. The van der Waals surface area contributed by atoms with E-state index in [-0.39, 0.29) is 31.4 Å². The van der Waals surface area contributed by atoms with E-state index in [9.17, 15) is 29.2 Å². The molecule has 10 nitrogen and oxygen atoms in total. The number of amides is 3. The maximum Gasteiger partial charge on any atom is 0.270 e. The fourth-order valence-corrected chi connectivity index (χ4v) is 3.78. The van der Waals surface area contributed by atoms with E-state index in [4.69, 9.17) is 0 Å². The molecule has 1 aromatic heterocycles. The summed E-state index contributed by atoms with van der Waals surface area (Å²) in [5.41, 5.74) is -0.138. The van der Waals surface area contributed by atoms with E-state index in [1.807, 2.05) is 0 Å². The molecule has 1 aromatic rings. The largest absolute Gasteiger partial charge is 0.410 e. The molecule has 11 heteroatoms. The molecule has 1 aliphatic carbocycles. The van der Waals surface area contributed by atoms with Crippen LogP contribution in [-0.2, 0) is 14.4 Å². The smallest absolute Gasteiger partial charge is 0.270 e. The van der Waals surface area contributed by atoms with Crippen molar-refractivity contribution in [1.29, 1.82) is 0 Å². The highest BCUT2D eigenvalue weighted by Crippen LogP contribution is 2.34. The second-order valence-corrected chi connectivity index (χ2v) is 7.52. The molecule has 3 amide bonds. The van der Waals surface area contributed by atoms with Crippen LogP contribution >= 0.6 is 0 Å². The van der Waals surface area contributed by atoms with Gasteiger partial charge in [0.25, 0.3) is 5.91 Å². The highest BCUT2D eigenvalue weighted by atomic mass is 19.1. The normalized spacial score (nSPS) is 23.5. The quantitative estimate of drug-likeness (QED) is 0.285. The number of carbonyl (C=O) groups is 3. The number of carbonyl (C=O) groups excluding carboxylic acids is 3. The molecule has 158 valence electrons. The first-order valence-corrected chi connectivity index (χ1v) is 9.56. The molecule has 0 aromatic carbocycles. The fourth-order valence-electron chi connectivity index (χ4n) is 3.78. The Hall–Kier alpha value is -2.82. The van der Waals surface area contributed by atoms with Crippen LogP contribution < -0.4 is 5.49 Å². The van der Waals surface area contributed by atoms with Gasteiger partial charge in [0.05, 0.1) is 25.2 Å². The third kappa shape index (κ3) is 4.97. The summed E-state index contributed by atoms with van der Waals surface area (Å²) in [7, 11) is 0. The van der Waals surface area contributed by atoms with Gasteiger partial charge in [0.15, 0.2) is 5.49 Å². The van der Waals surface area contributed by atoms with Gasteiger partial charge >= 0.3 is 0 Å². The first-order chi connectivity index (χ1) is 13.9. The minimum atomic E-state index is -1.39. The molecule has 2 N–H and O–H groups in total. The molecule has 1 saturated carbocycles. The van der Waals surface area contributed by atoms with E-state index in [1.54, 1.807) is 0 Å². The number of nitrogens with zero attached hydrogens (tertiary/aromatic N) is 5. The predicted octanol–water partition coefficient (Wildman–Crippen LogP) is 0.141. The predicted molar refractivity (Wildman–Crippen MR) is 95.0 cm³/mol. The van der Waals surface area contributed by atoms with E-state index in [1.165, 1.54) is 18.3 Å². The van der Waals surface area contributed by atoms with Crippen LogP contribution in [0.5, 0.6) is 0 Å². The molecule has 1 aliphatic heterocycles. The van der Waals surface area contributed by atoms with Crippen molar-refractivity contribution in [3.05, 3.63) is 23.8 Å². The highest BCUT2D eigenvalue weighted by Gasteiger charge is 2.42. The molecular weight excluding hydrogens is 385 g/mol. The van der Waals surface area contributed by atoms with Gasteiger partial charge in [-0.1, -0.05) is 24.1 Å². The fraction of sp³-hybridized carbons (Fsp3) is 0.611. The zero-order valence-corrected chi connectivity index (χ0v) is 15.8. The monoisotopic (exact) mass is 409 g/mol. The molecule has 29 heavy (non-hydrogen) atoms.